The first-order chi connectivity index (χ1) is 10.0. The molecule has 1 aromatic carbocycles. The second kappa shape index (κ2) is 8.98. The van der Waals surface area contributed by atoms with Gasteiger partial charge in [0.15, 0.2) is 0 Å². The van der Waals surface area contributed by atoms with Crippen LogP contribution < -0.4 is 5.30 Å². The lowest BCUT2D eigenvalue weighted by Gasteiger charge is -2.18. The highest BCUT2D eigenvalue weighted by molar-refractivity contribution is 7.62. The third-order valence-corrected chi connectivity index (χ3v) is 4.92. The number of benzene rings is 1. The number of aromatic carboxylic acids is 1. The topological polar surface area (TPSA) is 72.8 Å². The monoisotopic (exact) mass is 314 g/mol. The number of carboxylic acid groups (broad SMARTS) is 1. The minimum Gasteiger partial charge on any atom is -0.478 e. The van der Waals surface area contributed by atoms with E-state index >= 15 is 0 Å². The van der Waals surface area contributed by atoms with Gasteiger partial charge < -0.3 is 14.2 Å². The minimum atomic E-state index is -3.37. The summed E-state index contributed by atoms with van der Waals surface area (Å²) in [6.07, 6.45) is 3.47. The number of hydrogen-bond acceptors (Lipinski definition) is 4. The molecule has 0 fully saturated rings. The van der Waals surface area contributed by atoms with Crippen LogP contribution in [-0.2, 0) is 13.6 Å². The number of unbranched alkanes of at least 4 members (excludes halogenated alkanes) is 2. The van der Waals surface area contributed by atoms with Crippen molar-refractivity contribution in [2.75, 3.05) is 13.2 Å². The van der Waals surface area contributed by atoms with Gasteiger partial charge in [-0.05, 0) is 37.1 Å². The van der Waals surface area contributed by atoms with Crippen molar-refractivity contribution in [1.29, 1.82) is 0 Å². The predicted molar refractivity (Wildman–Crippen MR) is 82.4 cm³/mol. The van der Waals surface area contributed by atoms with Crippen LogP contribution in [0, 0.1) is 0 Å². The van der Waals surface area contributed by atoms with Gasteiger partial charge in [-0.25, -0.2) is 4.79 Å². The van der Waals surface area contributed by atoms with E-state index in [1.54, 1.807) is 0 Å². The molecule has 0 unspecified atom stereocenters. The molecule has 0 aliphatic rings. The van der Waals surface area contributed by atoms with Crippen molar-refractivity contribution in [3.05, 3.63) is 29.8 Å². The summed E-state index contributed by atoms with van der Waals surface area (Å²) in [6, 6.07) is 5.83. The first-order valence-electron chi connectivity index (χ1n) is 7.26. The van der Waals surface area contributed by atoms with Crippen molar-refractivity contribution in [1.82, 2.24) is 0 Å². The second-order valence-electron chi connectivity index (χ2n) is 4.72. The summed E-state index contributed by atoms with van der Waals surface area (Å²) in [4.78, 5) is 10.9. The molecule has 0 aliphatic carbocycles. The molecule has 0 atom stereocenters. The zero-order chi connectivity index (χ0) is 15.7. The van der Waals surface area contributed by atoms with Gasteiger partial charge in [0.1, 0.15) is 0 Å². The molecule has 0 saturated heterocycles. The SMILES string of the molecule is CCCCOP(=O)(OCCCC)c1ccc(C(=O)O)cc1. The minimum absolute atomic E-state index is 0.146. The van der Waals surface area contributed by atoms with Gasteiger partial charge in [-0.15, -0.1) is 0 Å². The summed E-state index contributed by atoms with van der Waals surface area (Å²) in [7, 11) is -3.37. The van der Waals surface area contributed by atoms with Crippen molar-refractivity contribution in [3.63, 3.8) is 0 Å². The molecule has 0 saturated carbocycles. The van der Waals surface area contributed by atoms with Crippen molar-refractivity contribution >= 4 is 18.9 Å². The first kappa shape index (κ1) is 17.9. The summed E-state index contributed by atoms with van der Waals surface area (Å²) in [6.45, 7) is 4.77. The Hall–Kier alpha value is -1.16. The molecule has 0 spiro atoms. The Balaban J connectivity index is 2.87. The highest BCUT2D eigenvalue weighted by Gasteiger charge is 2.27. The maximum absolute atomic E-state index is 12.9. The molecule has 1 rings (SSSR count). The first-order valence-corrected chi connectivity index (χ1v) is 8.80. The average Bonchev–Trinajstić information content (AvgIpc) is 2.48. The predicted octanol–water partition coefficient (Wildman–Crippen LogP) is 3.84. The van der Waals surface area contributed by atoms with E-state index in [0.29, 0.717) is 18.5 Å². The maximum atomic E-state index is 12.9. The van der Waals surface area contributed by atoms with Crippen LogP contribution in [0.2, 0.25) is 0 Å². The van der Waals surface area contributed by atoms with Crippen molar-refractivity contribution in [2.45, 2.75) is 39.5 Å². The maximum Gasteiger partial charge on any atom is 0.361 e. The van der Waals surface area contributed by atoms with Crippen LogP contribution in [0.1, 0.15) is 49.9 Å². The largest absolute Gasteiger partial charge is 0.478 e. The molecule has 21 heavy (non-hydrogen) atoms. The Kier molecular flexibility index (Phi) is 7.65. The fraction of sp³-hybridized carbons (Fsp3) is 0.533. The number of hydrogen-bond donors (Lipinski definition) is 1. The molecule has 0 heterocycles. The van der Waals surface area contributed by atoms with E-state index in [4.69, 9.17) is 14.2 Å². The van der Waals surface area contributed by atoms with Crippen LogP contribution in [-0.4, -0.2) is 24.3 Å². The van der Waals surface area contributed by atoms with Crippen molar-refractivity contribution in [3.8, 4) is 0 Å². The van der Waals surface area contributed by atoms with Crippen LogP contribution in [0.15, 0.2) is 24.3 Å². The van der Waals surface area contributed by atoms with Crippen LogP contribution in [0.3, 0.4) is 0 Å². The summed E-state index contributed by atoms with van der Waals surface area (Å²) in [5.41, 5.74) is 0.146. The Morgan fingerprint density at radius 3 is 1.90 bits per heavy atom. The molecule has 0 bridgehead atoms. The standard InChI is InChI=1S/C15H23O5P/c1-3-5-11-19-21(18,20-12-6-4-2)14-9-7-13(8-10-14)15(16)17/h7-10H,3-6,11-12H2,1-2H3,(H,16,17). The van der Waals surface area contributed by atoms with Crippen LogP contribution in [0.5, 0.6) is 0 Å². The molecule has 1 aromatic rings. The van der Waals surface area contributed by atoms with E-state index < -0.39 is 13.6 Å². The molecule has 118 valence electrons. The smallest absolute Gasteiger partial charge is 0.361 e. The lowest BCUT2D eigenvalue weighted by Crippen LogP contribution is -2.12. The molecule has 5 nitrogen and oxygen atoms in total. The molecule has 6 heteroatoms. The van der Waals surface area contributed by atoms with E-state index in [-0.39, 0.29) is 5.56 Å². The van der Waals surface area contributed by atoms with E-state index in [2.05, 4.69) is 0 Å². The van der Waals surface area contributed by atoms with Gasteiger partial charge in [0.2, 0.25) is 0 Å². The van der Waals surface area contributed by atoms with Gasteiger partial charge in [0, 0.05) is 0 Å². The van der Waals surface area contributed by atoms with Crippen molar-refractivity contribution < 1.29 is 23.5 Å². The van der Waals surface area contributed by atoms with E-state index in [9.17, 15) is 9.36 Å². The lowest BCUT2D eigenvalue weighted by molar-refractivity contribution is 0.0697. The summed E-state index contributed by atoms with van der Waals surface area (Å²) < 4.78 is 23.8. The third-order valence-electron chi connectivity index (χ3n) is 2.95. The summed E-state index contributed by atoms with van der Waals surface area (Å²) in [5, 5.41) is 9.30. The molecule has 0 radical (unpaired) electrons. The van der Waals surface area contributed by atoms with Crippen LogP contribution >= 0.6 is 7.60 Å². The van der Waals surface area contributed by atoms with Gasteiger partial charge in [-0.1, -0.05) is 26.7 Å². The van der Waals surface area contributed by atoms with E-state index in [0.717, 1.165) is 25.7 Å². The molecular weight excluding hydrogens is 291 g/mol. The highest BCUT2D eigenvalue weighted by atomic mass is 31.2. The van der Waals surface area contributed by atoms with Gasteiger partial charge in [0.05, 0.1) is 24.1 Å². The quantitative estimate of drug-likeness (QED) is 0.525. The van der Waals surface area contributed by atoms with Crippen LogP contribution in [0.4, 0.5) is 0 Å². The van der Waals surface area contributed by atoms with Gasteiger partial charge in [0.25, 0.3) is 0 Å². The Morgan fingerprint density at radius 1 is 1.05 bits per heavy atom. The second-order valence-corrected chi connectivity index (χ2v) is 6.75. The Bertz CT molecular complexity index is 469. The lowest BCUT2D eigenvalue weighted by atomic mass is 10.2. The number of carbonyl (C=O) groups is 1. The van der Waals surface area contributed by atoms with Crippen LogP contribution in [0.25, 0.3) is 0 Å². The van der Waals surface area contributed by atoms with Gasteiger partial charge in [-0.3, -0.25) is 4.57 Å². The zero-order valence-electron chi connectivity index (χ0n) is 12.6. The average molecular weight is 314 g/mol. The molecule has 0 aromatic heterocycles. The molecule has 0 aliphatic heterocycles. The van der Waals surface area contributed by atoms with E-state index in [1.165, 1.54) is 24.3 Å². The van der Waals surface area contributed by atoms with Crippen molar-refractivity contribution in [2.24, 2.45) is 0 Å². The highest BCUT2D eigenvalue weighted by Crippen LogP contribution is 2.47. The van der Waals surface area contributed by atoms with Gasteiger partial charge in [-0.2, -0.15) is 0 Å². The number of carboxylic acids is 1. The van der Waals surface area contributed by atoms with Gasteiger partial charge >= 0.3 is 13.6 Å². The summed E-state index contributed by atoms with van der Waals surface area (Å²) >= 11 is 0. The number of rotatable bonds is 10. The Morgan fingerprint density at radius 2 is 1.52 bits per heavy atom. The molecule has 0 amide bonds. The van der Waals surface area contributed by atoms with E-state index in [1.807, 2.05) is 13.8 Å². The normalized spacial score (nSPS) is 11.5. The molecular formula is C15H23O5P. The fourth-order valence-electron chi connectivity index (χ4n) is 1.63. The fourth-order valence-corrected chi connectivity index (χ4v) is 3.26. The summed E-state index contributed by atoms with van der Waals surface area (Å²) in [5.74, 6) is -1.02. The molecule has 1 N–H and O–H groups in total. The Labute approximate surface area is 125 Å². The zero-order valence-corrected chi connectivity index (χ0v) is 13.5. The third kappa shape index (κ3) is 5.62.